The Bertz CT molecular complexity index is 1120. The Morgan fingerprint density at radius 2 is 1.81 bits per heavy atom. The second-order valence-corrected chi connectivity index (χ2v) is 7.77. The number of benzene rings is 2. The first-order valence-corrected chi connectivity index (χ1v) is 9.69. The molecule has 1 aromatic heterocycles. The quantitative estimate of drug-likeness (QED) is 0.696. The average Bonchev–Trinajstić information content (AvgIpc) is 2.63. The summed E-state index contributed by atoms with van der Waals surface area (Å²) in [6.45, 7) is 3.67. The van der Waals surface area contributed by atoms with Crippen molar-refractivity contribution in [1.82, 2.24) is 4.98 Å². The van der Waals surface area contributed by atoms with E-state index in [0.717, 1.165) is 11.3 Å². The van der Waals surface area contributed by atoms with E-state index in [4.69, 9.17) is 5.26 Å². The number of rotatable bonds is 5. The van der Waals surface area contributed by atoms with Gasteiger partial charge < -0.3 is 5.32 Å². The van der Waals surface area contributed by atoms with Crippen LogP contribution >= 0.6 is 0 Å². The Balaban J connectivity index is 1.76. The minimum absolute atomic E-state index is 0.227. The molecule has 6 nitrogen and oxygen atoms in total. The summed E-state index contributed by atoms with van der Waals surface area (Å²) < 4.78 is 27.7. The molecule has 0 aliphatic heterocycles. The summed E-state index contributed by atoms with van der Waals surface area (Å²) in [5, 5.41) is 12.1. The number of aromatic nitrogens is 1. The molecule has 2 aromatic carbocycles. The molecule has 0 spiro atoms. The van der Waals surface area contributed by atoms with Crippen molar-refractivity contribution in [1.29, 1.82) is 5.26 Å². The molecule has 0 saturated carbocycles. The third kappa shape index (κ3) is 4.43. The van der Waals surface area contributed by atoms with E-state index in [1.54, 1.807) is 49.4 Å². The van der Waals surface area contributed by atoms with E-state index >= 15 is 0 Å². The van der Waals surface area contributed by atoms with Gasteiger partial charge in [0.2, 0.25) is 0 Å². The number of nitrogens with zero attached hydrogens (tertiary/aromatic N) is 2. The molecule has 136 valence electrons. The van der Waals surface area contributed by atoms with Crippen LogP contribution in [0.25, 0.3) is 0 Å². The maximum Gasteiger partial charge on any atom is 0.263 e. The molecule has 0 fully saturated rings. The van der Waals surface area contributed by atoms with E-state index in [-0.39, 0.29) is 10.7 Å². The van der Waals surface area contributed by atoms with Crippen molar-refractivity contribution in [3.05, 3.63) is 77.5 Å². The Kier molecular flexibility index (Phi) is 5.10. The summed E-state index contributed by atoms with van der Waals surface area (Å²) in [7, 11) is -3.71. The standard InChI is InChI=1S/C20H18N4O2S/c1-14-6-8-19(15(2)10-14)27(25,26)24-20-9-7-18(13-22-20)23-17-5-3-4-16(11-17)12-21/h3-11,13,23H,1-2H3,(H,22,24). The number of nitrogens with one attached hydrogen (secondary N) is 2. The van der Waals surface area contributed by atoms with Crippen LogP contribution in [0.5, 0.6) is 0 Å². The van der Waals surface area contributed by atoms with Crippen LogP contribution < -0.4 is 10.0 Å². The first-order chi connectivity index (χ1) is 12.9. The maximum atomic E-state index is 12.6. The Hall–Kier alpha value is -3.37. The smallest absolute Gasteiger partial charge is 0.263 e. The second kappa shape index (κ2) is 7.48. The zero-order chi connectivity index (χ0) is 19.4. The first kappa shape index (κ1) is 18.4. The van der Waals surface area contributed by atoms with Crippen molar-refractivity contribution in [3.8, 4) is 6.07 Å². The molecule has 0 aliphatic rings. The Morgan fingerprint density at radius 1 is 1.00 bits per heavy atom. The van der Waals surface area contributed by atoms with Crippen LogP contribution in [0.2, 0.25) is 0 Å². The second-order valence-electron chi connectivity index (χ2n) is 6.12. The Morgan fingerprint density at radius 3 is 2.48 bits per heavy atom. The van der Waals surface area contributed by atoms with E-state index < -0.39 is 10.0 Å². The van der Waals surface area contributed by atoms with Crippen molar-refractivity contribution in [3.63, 3.8) is 0 Å². The van der Waals surface area contributed by atoms with Gasteiger partial charge in [-0.05, 0) is 55.8 Å². The van der Waals surface area contributed by atoms with Gasteiger partial charge in [-0.3, -0.25) is 4.72 Å². The van der Waals surface area contributed by atoms with Gasteiger partial charge in [0.25, 0.3) is 10.0 Å². The third-order valence-electron chi connectivity index (χ3n) is 3.90. The van der Waals surface area contributed by atoms with Gasteiger partial charge in [-0.25, -0.2) is 13.4 Å². The molecule has 0 unspecified atom stereocenters. The van der Waals surface area contributed by atoms with Gasteiger partial charge in [0.1, 0.15) is 5.82 Å². The summed E-state index contributed by atoms with van der Waals surface area (Å²) in [5.41, 5.74) is 3.66. The summed E-state index contributed by atoms with van der Waals surface area (Å²) in [6.07, 6.45) is 1.53. The minimum atomic E-state index is -3.71. The molecule has 2 N–H and O–H groups in total. The highest BCUT2D eigenvalue weighted by molar-refractivity contribution is 7.92. The number of anilines is 3. The zero-order valence-corrected chi connectivity index (χ0v) is 15.7. The number of sulfonamides is 1. The molecular weight excluding hydrogens is 360 g/mol. The van der Waals surface area contributed by atoms with Gasteiger partial charge in [-0.15, -0.1) is 0 Å². The predicted octanol–water partition coefficient (Wildman–Crippen LogP) is 4.11. The normalized spacial score (nSPS) is 10.9. The van der Waals surface area contributed by atoms with Crippen LogP contribution in [-0.2, 0) is 10.0 Å². The highest BCUT2D eigenvalue weighted by atomic mass is 32.2. The summed E-state index contributed by atoms with van der Waals surface area (Å²) in [4.78, 5) is 4.38. The summed E-state index contributed by atoms with van der Waals surface area (Å²) in [6, 6.07) is 17.6. The summed E-state index contributed by atoms with van der Waals surface area (Å²) >= 11 is 0. The lowest BCUT2D eigenvalue weighted by atomic mass is 10.2. The van der Waals surface area contributed by atoms with Crippen molar-refractivity contribution in [2.75, 3.05) is 10.0 Å². The van der Waals surface area contributed by atoms with Crippen LogP contribution in [0.15, 0.2) is 65.7 Å². The van der Waals surface area contributed by atoms with E-state index in [2.05, 4.69) is 21.1 Å². The number of hydrogen-bond donors (Lipinski definition) is 2. The van der Waals surface area contributed by atoms with Crippen LogP contribution in [0.3, 0.4) is 0 Å². The van der Waals surface area contributed by atoms with Gasteiger partial charge >= 0.3 is 0 Å². The van der Waals surface area contributed by atoms with Crippen molar-refractivity contribution >= 4 is 27.2 Å². The predicted molar refractivity (Wildman–Crippen MR) is 105 cm³/mol. The topological polar surface area (TPSA) is 94.9 Å². The van der Waals surface area contributed by atoms with Crippen molar-refractivity contribution in [2.24, 2.45) is 0 Å². The van der Waals surface area contributed by atoms with Gasteiger partial charge in [0.05, 0.1) is 28.4 Å². The van der Waals surface area contributed by atoms with Crippen LogP contribution in [-0.4, -0.2) is 13.4 Å². The molecule has 0 saturated heterocycles. The number of hydrogen-bond acceptors (Lipinski definition) is 5. The van der Waals surface area contributed by atoms with Gasteiger partial charge in [-0.2, -0.15) is 5.26 Å². The van der Waals surface area contributed by atoms with E-state index in [1.165, 1.54) is 6.20 Å². The van der Waals surface area contributed by atoms with E-state index in [9.17, 15) is 8.42 Å². The Labute approximate surface area is 158 Å². The maximum absolute atomic E-state index is 12.6. The van der Waals surface area contributed by atoms with Crippen molar-refractivity contribution in [2.45, 2.75) is 18.7 Å². The molecular formula is C20H18N4O2S. The fourth-order valence-corrected chi connectivity index (χ4v) is 3.89. The molecule has 7 heteroatoms. The molecule has 0 amide bonds. The van der Waals surface area contributed by atoms with Crippen LogP contribution in [0, 0.1) is 25.2 Å². The monoisotopic (exact) mass is 378 g/mol. The number of pyridine rings is 1. The fraction of sp³-hybridized carbons (Fsp3) is 0.100. The van der Waals surface area contributed by atoms with Crippen LogP contribution in [0.1, 0.15) is 16.7 Å². The molecule has 1 heterocycles. The fourth-order valence-electron chi connectivity index (χ4n) is 2.65. The SMILES string of the molecule is Cc1ccc(S(=O)(=O)Nc2ccc(Nc3cccc(C#N)c3)cn2)c(C)c1. The van der Waals surface area contributed by atoms with Crippen molar-refractivity contribution < 1.29 is 8.42 Å². The number of aryl methyl sites for hydroxylation is 2. The highest BCUT2D eigenvalue weighted by Crippen LogP contribution is 2.21. The first-order valence-electron chi connectivity index (χ1n) is 8.21. The lowest BCUT2D eigenvalue weighted by Crippen LogP contribution is -2.15. The largest absolute Gasteiger partial charge is 0.354 e. The molecule has 0 bridgehead atoms. The highest BCUT2D eigenvalue weighted by Gasteiger charge is 2.17. The average molecular weight is 378 g/mol. The summed E-state index contributed by atoms with van der Waals surface area (Å²) in [5.74, 6) is 0.228. The minimum Gasteiger partial charge on any atom is -0.354 e. The molecule has 0 aliphatic carbocycles. The van der Waals surface area contributed by atoms with Gasteiger partial charge in [0.15, 0.2) is 0 Å². The molecule has 27 heavy (non-hydrogen) atoms. The number of nitriles is 1. The lowest BCUT2D eigenvalue weighted by Gasteiger charge is -2.11. The van der Waals surface area contributed by atoms with Crippen LogP contribution in [0.4, 0.5) is 17.2 Å². The van der Waals surface area contributed by atoms with Gasteiger partial charge in [0, 0.05) is 5.69 Å². The lowest BCUT2D eigenvalue weighted by molar-refractivity contribution is 0.600. The third-order valence-corrected chi connectivity index (χ3v) is 5.42. The zero-order valence-electron chi connectivity index (χ0n) is 14.9. The molecule has 0 atom stereocenters. The molecule has 3 rings (SSSR count). The van der Waals surface area contributed by atoms with Gasteiger partial charge in [-0.1, -0.05) is 23.8 Å². The molecule has 0 radical (unpaired) electrons. The molecule has 3 aromatic rings. The van der Waals surface area contributed by atoms with E-state index in [0.29, 0.717) is 16.8 Å². The van der Waals surface area contributed by atoms with E-state index in [1.807, 2.05) is 19.1 Å².